The van der Waals surface area contributed by atoms with Gasteiger partial charge in [-0.2, -0.15) is 0 Å². The van der Waals surface area contributed by atoms with Crippen LogP contribution in [0.25, 0.3) is 0 Å². The number of rotatable bonds is 7. The van der Waals surface area contributed by atoms with Gasteiger partial charge in [0, 0.05) is 20.1 Å². The highest BCUT2D eigenvalue weighted by atomic mass is 32.2. The van der Waals surface area contributed by atoms with Gasteiger partial charge in [0.15, 0.2) is 0 Å². The summed E-state index contributed by atoms with van der Waals surface area (Å²) >= 11 is 0. The molecule has 0 aliphatic heterocycles. The summed E-state index contributed by atoms with van der Waals surface area (Å²) in [6.45, 7) is 5.11. The van der Waals surface area contributed by atoms with Gasteiger partial charge in [0.25, 0.3) is 0 Å². The lowest BCUT2D eigenvalue weighted by Gasteiger charge is -2.15. The zero-order valence-electron chi connectivity index (χ0n) is 11.5. The topological polar surface area (TPSA) is 78.6 Å². The summed E-state index contributed by atoms with van der Waals surface area (Å²) in [4.78, 5) is 0.112. The van der Waals surface area contributed by atoms with Gasteiger partial charge < -0.3 is 9.47 Å². The summed E-state index contributed by atoms with van der Waals surface area (Å²) in [5.41, 5.74) is 0.837. The van der Waals surface area contributed by atoms with Crippen LogP contribution < -0.4 is 9.88 Å². The molecule has 0 bridgehead atoms. The predicted molar refractivity (Wildman–Crippen MR) is 73.9 cm³/mol. The fourth-order valence-corrected chi connectivity index (χ4v) is 2.22. The van der Waals surface area contributed by atoms with Gasteiger partial charge >= 0.3 is 0 Å². The number of hydrogen-bond acceptors (Lipinski definition) is 4. The molecule has 1 aromatic rings. The third kappa shape index (κ3) is 4.81. The number of primary sulfonamides is 1. The van der Waals surface area contributed by atoms with Gasteiger partial charge in [0.05, 0.1) is 11.5 Å². The Labute approximate surface area is 114 Å². The molecule has 19 heavy (non-hydrogen) atoms. The Kier molecular flexibility index (Phi) is 5.78. The molecule has 5 nitrogen and oxygen atoms in total. The Morgan fingerprint density at radius 2 is 1.95 bits per heavy atom. The highest BCUT2D eigenvalue weighted by Crippen LogP contribution is 2.28. The van der Waals surface area contributed by atoms with E-state index in [0.717, 1.165) is 12.0 Å². The van der Waals surface area contributed by atoms with Gasteiger partial charge in [0.1, 0.15) is 5.75 Å². The second kappa shape index (κ2) is 6.88. The molecule has 0 radical (unpaired) electrons. The highest BCUT2D eigenvalue weighted by Gasteiger charge is 2.14. The molecule has 1 rings (SSSR count). The molecule has 0 heterocycles. The molecular weight excluding hydrogens is 266 g/mol. The van der Waals surface area contributed by atoms with E-state index in [1.807, 2.05) is 13.8 Å². The number of ether oxygens (including phenoxy) is 2. The van der Waals surface area contributed by atoms with Crippen LogP contribution in [0.3, 0.4) is 0 Å². The molecule has 6 heteroatoms. The molecule has 0 aliphatic rings. The maximum absolute atomic E-state index is 11.3. The normalized spacial score (nSPS) is 11.8. The average Bonchev–Trinajstić information content (AvgIpc) is 2.33. The van der Waals surface area contributed by atoms with E-state index in [2.05, 4.69) is 0 Å². The van der Waals surface area contributed by atoms with E-state index in [0.29, 0.717) is 19.0 Å². The Morgan fingerprint density at radius 3 is 2.47 bits per heavy atom. The minimum absolute atomic E-state index is 0.112. The van der Waals surface area contributed by atoms with E-state index in [4.69, 9.17) is 14.6 Å². The van der Waals surface area contributed by atoms with E-state index in [1.54, 1.807) is 19.2 Å². The van der Waals surface area contributed by atoms with Crippen molar-refractivity contribution in [3.05, 3.63) is 23.8 Å². The molecular formula is C13H21NO4S. The summed E-state index contributed by atoms with van der Waals surface area (Å²) < 4.78 is 33.3. The van der Waals surface area contributed by atoms with Crippen molar-refractivity contribution in [2.75, 3.05) is 20.3 Å². The van der Waals surface area contributed by atoms with Crippen LogP contribution in [0.1, 0.15) is 31.7 Å². The fourth-order valence-electron chi connectivity index (χ4n) is 1.67. The lowest BCUT2D eigenvalue weighted by molar-refractivity contribution is 0.171. The van der Waals surface area contributed by atoms with Crippen LogP contribution in [0.5, 0.6) is 5.75 Å². The van der Waals surface area contributed by atoms with Crippen LogP contribution in [0, 0.1) is 0 Å². The summed E-state index contributed by atoms with van der Waals surface area (Å²) in [5, 5.41) is 5.13. The van der Waals surface area contributed by atoms with Gasteiger partial charge in [-0.25, -0.2) is 13.6 Å². The molecule has 0 spiro atoms. The highest BCUT2D eigenvalue weighted by molar-refractivity contribution is 7.89. The molecule has 0 saturated heterocycles. The number of hydrogen-bond donors (Lipinski definition) is 1. The second-order valence-electron chi connectivity index (χ2n) is 4.59. The van der Waals surface area contributed by atoms with Gasteiger partial charge in [0.2, 0.25) is 10.0 Å². The van der Waals surface area contributed by atoms with Crippen LogP contribution in [0.2, 0.25) is 0 Å². The van der Waals surface area contributed by atoms with Gasteiger partial charge in [-0.15, -0.1) is 0 Å². The van der Waals surface area contributed by atoms with E-state index >= 15 is 0 Å². The zero-order chi connectivity index (χ0) is 14.5. The first-order chi connectivity index (χ1) is 8.86. The molecule has 0 aliphatic carbocycles. The summed E-state index contributed by atoms with van der Waals surface area (Å²) in [5.74, 6) is 0.845. The Bertz CT molecular complexity index is 511. The quantitative estimate of drug-likeness (QED) is 0.776. The first kappa shape index (κ1) is 15.9. The lowest BCUT2D eigenvalue weighted by Crippen LogP contribution is -2.13. The molecule has 1 aromatic carbocycles. The third-order valence-electron chi connectivity index (χ3n) is 2.68. The number of nitrogens with two attached hydrogens (primary N) is 1. The predicted octanol–water partition coefficient (Wildman–Crippen LogP) is 1.87. The van der Waals surface area contributed by atoms with E-state index < -0.39 is 10.0 Å². The van der Waals surface area contributed by atoms with Crippen LogP contribution in [-0.4, -0.2) is 28.7 Å². The lowest BCUT2D eigenvalue weighted by atomic mass is 10.0. The molecule has 0 saturated carbocycles. The first-order valence-corrected chi connectivity index (χ1v) is 7.69. The Morgan fingerprint density at radius 1 is 1.26 bits per heavy atom. The SMILES string of the molecule is COCCCOc1ccc(S(N)(=O)=O)cc1C(C)C. The van der Waals surface area contributed by atoms with Crippen molar-refractivity contribution in [3.8, 4) is 5.75 Å². The minimum Gasteiger partial charge on any atom is -0.493 e. The Hall–Kier alpha value is -1.11. The summed E-state index contributed by atoms with van der Waals surface area (Å²) in [6, 6.07) is 4.69. The van der Waals surface area contributed by atoms with Crippen molar-refractivity contribution in [2.45, 2.75) is 31.1 Å². The average molecular weight is 287 g/mol. The van der Waals surface area contributed by atoms with Gasteiger partial charge in [-0.3, -0.25) is 0 Å². The maximum Gasteiger partial charge on any atom is 0.238 e. The minimum atomic E-state index is -3.68. The molecule has 0 aromatic heterocycles. The molecule has 0 fully saturated rings. The first-order valence-electron chi connectivity index (χ1n) is 6.14. The number of benzene rings is 1. The van der Waals surface area contributed by atoms with Crippen LogP contribution in [0.15, 0.2) is 23.1 Å². The molecule has 0 atom stereocenters. The van der Waals surface area contributed by atoms with Crippen molar-refractivity contribution in [1.82, 2.24) is 0 Å². The zero-order valence-corrected chi connectivity index (χ0v) is 12.4. The van der Waals surface area contributed by atoms with E-state index in [-0.39, 0.29) is 10.8 Å². The van der Waals surface area contributed by atoms with Crippen LogP contribution in [-0.2, 0) is 14.8 Å². The van der Waals surface area contributed by atoms with Gasteiger partial charge in [-0.05, 0) is 29.7 Å². The van der Waals surface area contributed by atoms with Crippen molar-refractivity contribution in [3.63, 3.8) is 0 Å². The Balaban J connectivity index is 2.93. The fraction of sp³-hybridized carbons (Fsp3) is 0.538. The van der Waals surface area contributed by atoms with Crippen molar-refractivity contribution in [2.24, 2.45) is 5.14 Å². The third-order valence-corrected chi connectivity index (χ3v) is 3.59. The standard InChI is InChI=1S/C13H21NO4S/c1-10(2)12-9-11(19(14,15)16)5-6-13(12)18-8-4-7-17-3/h5-6,9-10H,4,7-8H2,1-3H3,(H2,14,15,16). The molecule has 108 valence electrons. The molecule has 2 N–H and O–H groups in total. The van der Waals surface area contributed by atoms with E-state index in [1.165, 1.54) is 6.07 Å². The molecule has 0 amide bonds. The monoisotopic (exact) mass is 287 g/mol. The van der Waals surface area contributed by atoms with Crippen LogP contribution in [0.4, 0.5) is 0 Å². The van der Waals surface area contributed by atoms with Crippen molar-refractivity contribution >= 4 is 10.0 Å². The molecule has 0 unspecified atom stereocenters. The number of sulfonamides is 1. The van der Waals surface area contributed by atoms with Crippen LogP contribution >= 0.6 is 0 Å². The second-order valence-corrected chi connectivity index (χ2v) is 6.16. The van der Waals surface area contributed by atoms with Gasteiger partial charge in [-0.1, -0.05) is 13.8 Å². The smallest absolute Gasteiger partial charge is 0.238 e. The summed E-state index contributed by atoms with van der Waals surface area (Å²) in [6.07, 6.45) is 0.783. The maximum atomic E-state index is 11.3. The van der Waals surface area contributed by atoms with Crippen molar-refractivity contribution < 1.29 is 17.9 Å². The van der Waals surface area contributed by atoms with Crippen molar-refractivity contribution in [1.29, 1.82) is 0 Å². The largest absolute Gasteiger partial charge is 0.493 e. The summed E-state index contributed by atoms with van der Waals surface area (Å²) in [7, 11) is -2.04. The number of methoxy groups -OCH3 is 1. The van der Waals surface area contributed by atoms with E-state index in [9.17, 15) is 8.42 Å².